The van der Waals surface area contributed by atoms with Gasteiger partial charge in [0.15, 0.2) is 0 Å². The van der Waals surface area contributed by atoms with Gasteiger partial charge in [-0.15, -0.1) is 0 Å². The summed E-state index contributed by atoms with van der Waals surface area (Å²) in [6.45, 7) is 0.615. The normalized spacial score (nSPS) is 10.1. The van der Waals surface area contributed by atoms with Crippen LogP contribution in [0.3, 0.4) is 0 Å². The Balaban J connectivity index is 2.79. The van der Waals surface area contributed by atoms with Crippen molar-refractivity contribution in [2.75, 3.05) is 18.9 Å². The number of hydrogen-bond donors (Lipinski definition) is 2. The molecule has 0 heterocycles. The largest absolute Gasteiger partial charge is 0.508 e. The first-order chi connectivity index (χ1) is 7.56. The van der Waals surface area contributed by atoms with Crippen LogP contribution in [0.15, 0.2) is 18.2 Å². The molecule has 0 saturated carbocycles. The maximum Gasteiger partial charge on any atom is 0.257 e. The summed E-state index contributed by atoms with van der Waals surface area (Å²) in [6, 6.07) is 3.95. The van der Waals surface area contributed by atoms with Gasteiger partial charge in [0.2, 0.25) is 0 Å². The van der Waals surface area contributed by atoms with Crippen molar-refractivity contribution in [3.05, 3.63) is 23.8 Å². The SMILES string of the molecule is CN(CCCBr)C(=O)c1ccc(O)cc1O. The fourth-order valence-electron chi connectivity index (χ4n) is 1.30. The van der Waals surface area contributed by atoms with E-state index in [-0.39, 0.29) is 23.0 Å². The van der Waals surface area contributed by atoms with Crippen LogP contribution in [0.4, 0.5) is 0 Å². The van der Waals surface area contributed by atoms with Gasteiger partial charge in [-0.3, -0.25) is 4.79 Å². The van der Waals surface area contributed by atoms with E-state index >= 15 is 0 Å². The van der Waals surface area contributed by atoms with Crippen LogP contribution in [-0.4, -0.2) is 39.9 Å². The van der Waals surface area contributed by atoms with E-state index in [4.69, 9.17) is 5.11 Å². The third kappa shape index (κ3) is 3.13. The first-order valence-corrected chi connectivity index (χ1v) is 6.02. The molecule has 1 rings (SSSR count). The highest BCUT2D eigenvalue weighted by Crippen LogP contribution is 2.23. The van der Waals surface area contributed by atoms with Gasteiger partial charge in [0.05, 0.1) is 5.56 Å². The minimum atomic E-state index is -0.251. The molecule has 1 aromatic carbocycles. The number of nitrogens with zero attached hydrogens (tertiary/aromatic N) is 1. The van der Waals surface area contributed by atoms with Crippen LogP contribution in [0.25, 0.3) is 0 Å². The molecular formula is C11H14BrNO3. The predicted molar refractivity (Wildman–Crippen MR) is 65.1 cm³/mol. The zero-order valence-electron chi connectivity index (χ0n) is 8.98. The van der Waals surface area contributed by atoms with Crippen LogP contribution in [0.5, 0.6) is 11.5 Å². The summed E-state index contributed by atoms with van der Waals surface area (Å²) in [5.74, 6) is -0.508. The van der Waals surface area contributed by atoms with Crippen LogP contribution < -0.4 is 0 Å². The highest BCUT2D eigenvalue weighted by atomic mass is 79.9. The highest BCUT2D eigenvalue weighted by Gasteiger charge is 2.15. The Morgan fingerprint density at radius 2 is 2.12 bits per heavy atom. The second-order valence-corrected chi connectivity index (χ2v) is 4.26. The third-order valence-corrected chi connectivity index (χ3v) is 2.75. The Morgan fingerprint density at radius 1 is 1.44 bits per heavy atom. The monoisotopic (exact) mass is 287 g/mol. The first-order valence-electron chi connectivity index (χ1n) is 4.89. The molecule has 88 valence electrons. The number of phenols is 2. The van der Waals surface area contributed by atoms with E-state index in [2.05, 4.69) is 15.9 Å². The number of rotatable bonds is 4. The van der Waals surface area contributed by atoms with Gasteiger partial charge in [0, 0.05) is 25.0 Å². The minimum absolute atomic E-state index is 0.0582. The minimum Gasteiger partial charge on any atom is -0.508 e. The van der Waals surface area contributed by atoms with Crippen LogP contribution in [0.2, 0.25) is 0 Å². The molecule has 5 heteroatoms. The summed E-state index contributed by atoms with van der Waals surface area (Å²) >= 11 is 3.29. The van der Waals surface area contributed by atoms with Gasteiger partial charge in [-0.25, -0.2) is 0 Å². The summed E-state index contributed by atoms with van der Waals surface area (Å²) < 4.78 is 0. The Hall–Kier alpha value is -1.23. The molecule has 2 N–H and O–H groups in total. The van der Waals surface area contributed by atoms with Crippen molar-refractivity contribution in [2.45, 2.75) is 6.42 Å². The summed E-state index contributed by atoms with van der Waals surface area (Å²) in [7, 11) is 1.68. The standard InChI is InChI=1S/C11H14BrNO3/c1-13(6-2-5-12)11(16)9-4-3-8(14)7-10(9)15/h3-4,7,14-15H,2,5-6H2,1H3. The molecule has 0 aromatic heterocycles. The second-order valence-electron chi connectivity index (χ2n) is 3.47. The molecule has 0 aliphatic heterocycles. The topological polar surface area (TPSA) is 60.8 Å². The molecule has 4 nitrogen and oxygen atoms in total. The van der Waals surface area contributed by atoms with Crippen LogP contribution in [0.1, 0.15) is 16.8 Å². The lowest BCUT2D eigenvalue weighted by Crippen LogP contribution is -2.27. The second kappa shape index (κ2) is 5.75. The van der Waals surface area contributed by atoms with Crippen LogP contribution >= 0.6 is 15.9 Å². The van der Waals surface area contributed by atoms with Crippen molar-refractivity contribution in [1.29, 1.82) is 0 Å². The molecule has 1 amide bonds. The molecule has 0 unspecified atom stereocenters. The molecule has 16 heavy (non-hydrogen) atoms. The van der Waals surface area contributed by atoms with E-state index in [1.54, 1.807) is 7.05 Å². The average molecular weight is 288 g/mol. The highest BCUT2D eigenvalue weighted by molar-refractivity contribution is 9.09. The molecule has 0 saturated heterocycles. The van der Waals surface area contributed by atoms with Crippen molar-refractivity contribution >= 4 is 21.8 Å². The summed E-state index contributed by atoms with van der Waals surface area (Å²) in [4.78, 5) is 13.4. The number of alkyl halides is 1. The fraction of sp³-hybridized carbons (Fsp3) is 0.364. The van der Waals surface area contributed by atoms with E-state index in [0.717, 1.165) is 17.8 Å². The molecule has 0 bridgehead atoms. The Morgan fingerprint density at radius 3 is 2.69 bits per heavy atom. The number of carbonyl (C=O) groups excluding carboxylic acids is 1. The van der Waals surface area contributed by atoms with Gasteiger partial charge in [0.1, 0.15) is 11.5 Å². The number of halogens is 1. The molecule has 0 spiro atoms. The quantitative estimate of drug-likeness (QED) is 0.833. The lowest BCUT2D eigenvalue weighted by Gasteiger charge is -2.17. The number of carbonyl (C=O) groups is 1. The van der Waals surface area contributed by atoms with Crippen molar-refractivity contribution in [1.82, 2.24) is 4.90 Å². The fourth-order valence-corrected chi connectivity index (χ4v) is 1.56. The molecule has 0 aliphatic carbocycles. The van der Waals surface area contributed by atoms with Gasteiger partial charge in [0.25, 0.3) is 5.91 Å². The third-order valence-electron chi connectivity index (χ3n) is 2.19. The Labute approximate surface area is 103 Å². The van der Waals surface area contributed by atoms with Crippen LogP contribution in [-0.2, 0) is 0 Å². The van der Waals surface area contributed by atoms with E-state index in [1.165, 1.54) is 17.0 Å². The van der Waals surface area contributed by atoms with Gasteiger partial charge in [-0.05, 0) is 18.6 Å². The zero-order valence-corrected chi connectivity index (χ0v) is 10.6. The number of hydrogen-bond acceptors (Lipinski definition) is 3. The number of benzene rings is 1. The lowest BCUT2D eigenvalue weighted by atomic mass is 10.1. The molecule has 0 aliphatic rings. The van der Waals surface area contributed by atoms with E-state index in [1.807, 2.05) is 0 Å². The molecule has 0 atom stereocenters. The average Bonchev–Trinajstić information content (AvgIpc) is 2.25. The summed E-state index contributed by atoms with van der Waals surface area (Å²) in [5, 5.41) is 19.5. The smallest absolute Gasteiger partial charge is 0.257 e. The van der Waals surface area contributed by atoms with Crippen molar-refractivity contribution < 1.29 is 15.0 Å². The number of amides is 1. The van der Waals surface area contributed by atoms with Gasteiger partial charge < -0.3 is 15.1 Å². The van der Waals surface area contributed by atoms with Crippen LogP contribution in [0, 0.1) is 0 Å². The number of aromatic hydroxyl groups is 2. The molecule has 1 aromatic rings. The van der Waals surface area contributed by atoms with Crippen molar-refractivity contribution in [3.63, 3.8) is 0 Å². The number of phenolic OH excluding ortho intramolecular Hbond substituents is 2. The first kappa shape index (κ1) is 12.8. The maximum absolute atomic E-state index is 11.9. The maximum atomic E-state index is 11.9. The van der Waals surface area contributed by atoms with Gasteiger partial charge >= 0.3 is 0 Å². The molecular weight excluding hydrogens is 274 g/mol. The van der Waals surface area contributed by atoms with Crippen molar-refractivity contribution in [2.24, 2.45) is 0 Å². The molecule has 0 fully saturated rings. The Bertz CT molecular complexity index is 381. The van der Waals surface area contributed by atoms with Crippen molar-refractivity contribution in [3.8, 4) is 11.5 Å². The Kier molecular flexibility index (Phi) is 4.61. The van der Waals surface area contributed by atoms with E-state index in [0.29, 0.717) is 6.54 Å². The zero-order chi connectivity index (χ0) is 12.1. The van der Waals surface area contributed by atoms with Gasteiger partial charge in [-0.2, -0.15) is 0 Å². The molecule has 0 radical (unpaired) electrons. The summed E-state index contributed by atoms with van der Waals surface area (Å²) in [5.41, 5.74) is 0.204. The lowest BCUT2D eigenvalue weighted by molar-refractivity contribution is 0.0792. The van der Waals surface area contributed by atoms with E-state index in [9.17, 15) is 9.90 Å². The van der Waals surface area contributed by atoms with Gasteiger partial charge in [-0.1, -0.05) is 15.9 Å². The van der Waals surface area contributed by atoms with E-state index < -0.39 is 0 Å². The summed E-state index contributed by atoms with van der Waals surface area (Å²) in [6.07, 6.45) is 0.848. The predicted octanol–water partition coefficient (Wildman–Crippen LogP) is 1.95.